The lowest BCUT2D eigenvalue weighted by atomic mass is 10.0. The minimum absolute atomic E-state index is 0.0794. The van der Waals surface area contributed by atoms with Gasteiger partial charge in [0.15, 0.2) is 0 Å². The summed E-state index contributed by atoms with van der Waals surface area (Å²) in [5, 5.41) is 6.91. The predicted octanol–water partition coefficient (Wildman–Crippen LogP) is 4.39. The van der Waals surface area contributed by atoms with E-state index >= 15 is 0 Å². The standard InChI is InChI=1S/C37H44F3N5O9S/c38-37(39,40)55(51,52)43-33(48)36-21-26(36)14-4-2-1-3-5-18-29(41-34(49)54-27-15-7-8-16-27)32(47)45-20-19-44(22-30(45)31(46)42-36)35(50)53-23-25-13-10-12-24-11-6-9-17-28(24)25/h4,6,9-14,17,26-27,29-30H,1-3,5,7-8,15-16,18-23H2,(H,41,49)(H,42,46)(H,43,48)/b14-4+/t26?,29-,30-,36-/m0/s1. The van der Waals surface area contributed by atoms with Crippen molar-refractivity contribution in [2.45, 2.75) is 100 Å². The second-order valence-electron chi connectivity index (χ2n) is 14.4. The van der Waals surface area contributed by atoms with E-state index in [1.54, 1.807) is 18.2 Å². The molecular weight excluding hydrogens is 747 g/mol. The smallest absolute Gasteiger partial charge is 0.446 e. The Morgan fingerprint density at radius 1 is 0.945 bits per heavy atom. The average Bonchev–Trinajstić information content (AvgIpc) is 3.59. The molecule has 5 amide bonds. The third kappa shape index (κ3) is 9.16. The maximum atomic E-state index is 14.3. The van der Waals surface area contributed by atoms with E-state index < -0.39 is 75.5 Å². The fraction of sp³-hybridized carbons (Fsp3) is 0.541. The highest BCUT2D eigenvalue weighted by Crippen LogP contribution is 2.46. The molecule has 4 aliphatic rings. The maximum absolute atomic E-state index is 14.3. The maximum Gasteiger partial charge on any atom is 0.516 e. The van der Waals surface area contributed by atoms with Gasteiger partial charge in [-0.1, -0.05) is 67.5 Å². The van der Waals surface area contributed by atoms with Gasteiger partial charge in [0.2, 0.25) is 11.8 Å². The number of alkyl carbamates (subject to hydrolysis) is 1. The summed E-state index contributed by atoms with van der Waals surface area (Å²) < 4.78 is 76.1. The number of alkyl halides is 3. The zero-order chi connectivity index (χ0) is 39.4. The number of allylic oxidation sites excluding steroid dienone is 1. The Bertz CT molecular complexity index is 1930. The van der Waals surface area contributed by atoms with E-state index in [1.165, 1.54) is 4.90 Å². The summed E-state index contributed by atoms with van der Waals surface area (Å²) in [6.07, 6.45) is 6.80. The number of ether oxygens (including phenoxy) is 2. The summed E-state index contributed by atoms with van der Waals surface area (Å²) in [5.74, 6) is -4.13. The molecule has 3 fully saturated rings. The number of piperazine rings is 1. The van der Waals surface area contributed by atoms with Gasteiger partial charge in [0.25, 0.3) is 5.91 Å². The fourth-order valence-corrected chi connectivity index (χ4v) is 8.02. The molecule has 2 heterocycles. The Hall–Kier alpha value is -4.87. The van der Waals surface area contributed by atoms with Crippen molar-refractivity contribution in [2.24, 2.45) is 5.92 Å². The number of amides is 5. The van der Waals surface area contributed by atoms with Crippen LogP contribution in [-0.4, -0.2) is 97.0 Å². The Labute approximate surface area is 316 Å². The van der Waals surface area contributed by atoms with Crippen LogP contribution >= 0.6 is 0 Å². The lowest BCUT2D eigenvalue weighted by molar-refractivity contribution is -0.146. The molecule has 2 aromatic carbocycles. The SMILES string of the molecule is O=C(N[C@H]1CCCCC/C=C/C2C[C@]2(C(=O)NS(=O)(=O)C(F)(F)F)NC(=O)[C@@H]2CN(C(=O)OCc3cccc4ccccc34)CCN2C1=O)OC1CCCC1. The van der Waals surface area contributed by atoms with Crippen LogP contribution in [0.15, 0.2) is 54.6 Å². The van der Waals surface area contributed by atoms with Gasteiger partial charge in [-0.3, -0.25) is 14.4 Å². The van der Waals surface area contributed by atoms with Crippen molar-refractivity contribution >= 4 is 50.7 Å². The van der Waals surface area contributed by atoms with Crippen molar-refractivity contribution in [1.29, 1.82) is 0 Å². The van der Waals surface area contributed by atoms with Crippen LogP contribution in [0.5, 0.6) is 0 Å². The van der Waals surface area contributed by atoms with Crippen molar-refractivity contribution in [3.8, 4) is 0 Å². The lowest BCUT2D eigenvalue weighted by Gasteiger charge is -2.41. The molecule has 14 nitrogen and oxygen atoms in total. The van der Waals surface area contributed by atoms with Gasteiger partial charge in [-0.05, 0) is 67.7 Å². The molecule has 2 aromatic rings. The molecule has 4 atom stereocenters. The van der Waals surface area contributed by atoms with Crippen molar-refractivity contribution in [3.05, 3.63) is 60.2 Å². The van der Waals surface area contributed by atoms with Gasteiger partial charge in [0.05, 0.1) is 6.54 Å². The minimum atomic E-state index is -6.12. The highest BCUT2D eigenvalue weighted by atomic mass is 32.2. The first kappa shape index (κ1) is 39.8. The van der Waals surface area contributed by atoms with E-state index in [9.17, 15) is 45.6 Å². The predicted molar refractivity (Wildman–Crippen MR) is 191 cm³/mol. The summed E-state index contributed by atoms with van der Waals surface area (Å²) >= 11 is 0. The van der Waals surface area contributed by atoms with Gasteiger partial charge in [-0.15, -0.1) is 0 Å². The highest BCUT2D eigenvalue weighted by molar-refractivity contribution is 7.90. The van der Waals surface area contributed by atoms with E-state index in [0.29, 0.717) is 38.5 Å². The summed E-state index contributed by atoms with van der Waals surface area (Å²) in [7, 11) is -6.12. The number of rotatable bonds is 6. The van der Waals surface area contributed by atoms with Crippen molar-refractivity contribution in [3.63, 3.8) is 0 Å². The molecule has 0 spiro atoms. The van der Waals surface area contributed by atoms with E-state index in [2.05, 4.69) is 10.6 Å². The Morgan fingerprint density at radius 2 is 1.67 bits per heavy atom. The first-order valence-corrected chi connectivity index (χ1v) is 19.9. The van der Waals surface area contributed by atoms with E-state index in [-0.39, 0.29) is 38.6 Å². The number of hydrogen-bond acceptors (Lipinski definition) is 9. The third-order valence-corrected chi connectivity index (χ3v) is 11.7. The molecule has 1 unspecified atom stereocenters. The molecule has 2 aliphatic heterocycles. The van der Waals surface area contributed by atoms with Gasteiger partial charge in [-0.25, -0.2) is 14.3 Å². The van der Waals surface area contributed by atoms with E-state index in [4.69, 9.17) is 9.47 Å². The molecule has 18 heteroatoms. The molecule has 0 bridgehead atoms. The Morgan fingerprint density at radius 3 is 2.44 bits per heavy atom. The normalized spacial score (nSPS) is 26.1. The van der Waals surface area contributed by atoms with Crippen LogP contribution < -0.4 is 15.4 Å². The van der Waals surface area contributed by atoms with Gasteiger partial charge < -0.3 is 29.9 Å². The second-order valence-corrected chi connectivity index (χ2v) is 16.1. The number of halogens is 3. The molecule has 6 rings (SSSR count). The summed E-state index contributed by atoms with van der Waals surface area (Å²) in [4.78, 5) is 70.7. The molecule has 0 radical (unpaired) electrons. The molecule has 55 heavy (non-hydrogen) atoms. The van der Waals surface area contributed by atoms with Crippen LogP contribution in [0, 0.1) is 5.92 Å². The van der Waals surface area contributed by atoms with Gasteiger partial charge in [-0.2, -0.15) is 21.6 Å². The Kier molecular flexibility index (Phi) is 11.9. The van der Waals surface area contributed by atoms with Crippen LogP contribution in [-0.2, 0) is 40.5 Å². The third-order valence-electron chi connectivity index (χ3n) is 10.7. The number of carbonyl (C=O) groups is 5. The van der Waals surface area contributed by atoms with Crippen molar-refractivity contribution in [2.75, 3.05) is 19.6 Å². The van der Waals surface area contributed by atoms with Crippen LogP contribution in [0.1, 0.15) is 69.8 Å². The van der Waals surface area contributed by atoms with Crippen molar-refractivity contribution in [1.82, 2.24) is 25.2 Å². The van der Waals surface area contributed by atoms with Crippen LogP contribution in [0.25, 0.3) is 10.8 Å². The molecule has 2 saturated carbocycles. The summed E-state index contributed by atoms with van der Waals surface area (Å²) in [5.41, 5.74) is -7.18. The fourth-order valence-electron chi connectivity index (χ4n) is 7.48. The minimum Gasteiger partial charge on any atom is -0.446 e. The number of benzene rings is 2. The van der Waals surface area contributed by atoms with Crippen LogP contribution in [0.3, 0.4) is 0 Å². The number of nitrogens with one attached hydrogen (secondary N) is 3. The first-order valence-electron chi connectivity index (χ1n) is 18.5. The van der Waals surface area contributed by atoms with Crippen LogP contribution in [0.4, 0.5) is 22.8 Å². The molecule has 3 N–H and O–H groups in total. The van der Waals surface area contributed by atoms with Gasteiger partial charge in [0.1, 0.15) is 30.3 Å². The number of sulfonamides is 1. The first-order chi connectivity index (χ1) is 26.2. The van der Waals surface area contributed by atoms with Gasteiger partial charge in [0, 0.05) is 19.0 Å². The quantitative estimate of drug-likeness (QED) is 0.358. The van der Waals surface area contributed by atoms with Crippen LogP contribution in [0.2, 0.25) is 0 Å². The largest absolute Gasteiger partial charge is 0.516 e. The number of hydrogen-bond donors (Lipinski definition) is 3. The molecule has 2 aliphatic carbocycles. The topological polar surface area (TPSA) is 181 Å². The summed E-state index contributed by atoms with van der Waals surface area (Å²) in [6.45, 7) is -0.842. The molecular formula is C37H44F3N5O9S. The molecule has 298 valence electrons. The van der Waals surface area contributed by atoms with E-state index in [1.807, 2.05) is 36.4 Å². The summed E-state index contributed by atoms with van der Waals surface area (Å²) in [6, 6.07) is 10.4. The monoisotopic (exact) mass is 791 g/mol. The number of fused-ring (bicyclic) bond motifs is 3. The second kappa shape index (κ2) is 16.5. The molecule has 0 aromatic heterocycles. The number of nitrogens with zero attached hydrogens (tertiary/aromatic N) is 2. The number of carbonyl (C=O) groups excluding carboxylic acids is 5. The zero-order valence-corrected chi connectivity index (χ0v) is 30.8. The van der Waals surface area contributed by atoms with Gasteiger partial charge >= 0.3 is 27.7 Å². The average molecular weight is 792 g/mol. The lowest BCUT2D eigenvalue weighted by Crippen LogP contribution is -2.66. The highest BCUT2D eigenvalue weighted by Gasteiger charge is 2.63. The van der Waals surface area contributed by atoms with Crippen molar-refractivity contribution < 1.29 is 55.0 Å². The zero-order valence-electron chi connectivity index (χ0n) is 30.0. The van der Waals surface area contributed by atoms with E-state index in [0.717, 1.165) is 38.8 Å². The Balaban J connectivity index is 1.26. The molecule has 1 saturated heterocycles.